The summed E-state index contributed by atoms with van der Waals surface area (Å²) < 4.78 is 3.99. The van der Waals surface area contributed by atoms with Gasteiger partial charge in [-0.25, -0.2) is 9.97 Å². The van der Waals surface area contributed by atoms with Gasteiger partial charge in [0, 0.05) is 37.6 Å². The van der Waals surface area contributed by atoms with E-state index in [0.717, 1.165) is 36.6 Å². The fourth-order valence-corrected chi connectivity index (χ4v) is 3.01. The lowest BCUT2D eigenvalue weighted by Gasteiger charge is -2.24. The summed E-state index contributed by atoms with van der Waals surface area (Å²) in [5, 5.41) is 3.08. The minimum atomic E-state index is -0.117. The number of hydrogen-bond acceptors (Lipinski definition) is 3. The van der Waals surface area contributed by atoms with Gasteiger partial charge in [-0.05, 0) is 25.5 Å². The predicted octanol–water partition coefficient (Wildman–Crippen LogP) is 1.58. The van der Waals surface area contributed by atoms with Crippen LogP contribution in [0.3, 0.4) is 0 Å². The van der Waals surface area contributed by atoms with E-state index in [9.17, 15) is 4.79 Å². The molecule has 0 aromatic carbocycles. The minimum absolute atomic E-state index is 0.117. The van der Waals surface area contributed by atoms with Crippen molar-refractivity contribution < 1.29 is 4.79 Å². The highest BCUT2D eigenvalue weighted by Gasteiger charge is 2.22. The standard InChI is InChI=1S/C16H17N5O/c1-11-8-21-9-12(5-6-15(21)17-11)18-16(22)13-10-20-7-3-2-4-14(20)19-13/h2-4,7-8,10,12H,5-6,9H2,1H3,(H,18,22)/t12-/m0/s1. The Morgan fingerprint density at radius 1 is 1.32 bits per heavy atom. The maximum Gasteiger partial charge on any atom is 0.271 e. The Morgan fingerprint density at radius 3 is 3.09 bits per heavy atom. The van der Waals surface area contributed by atoms with Gasteiger partial charge in [-0.1, -0.05) is 6.07 Å². The first kappa shape index (κ1) is 13.1. The summed E-state index contributed by atoms with van der Waals surface area (Å²) in [4.78, 5) is 21.2. The number of aromatic nitrogens is 4. The normalized spacial score (nSPS) is 17.4. The Labute approximate surface area is 127 Å². The van der Waals surface area contributed by atoms with Crippen LogP contribution in [0.4, 0.5) is 0 Å². The number of nitrogens with one attached hydrogen (secondary N) is 1. The number of nitrogens with zero attached hydrogens (tertiary/aromatic N) is 4. The second kappa shape index (κ2) is 4.98. The summed E-state index contributed by atoms with van der Waals surface area (Å²) in [7, 11) is 0. The summed E-state index contributed by atoms with van der Waals surface area (Å²) in [6.45, 7) is 2.77. The molecule has 6 nitrogen and oxygen atoms in total. The summed E-state index contributed by atoms with van der Waals surface area (Å²) in [5.74, 6) is 0.990. The van der Waals surface area contributed by atoms with E-state index in [4.69, 9.17) is 0 Å². The van der Waals surface area contributed by atoms with E-state index in [1.165, 1.54) is 0 Å². The van der Waals surface area contributed by atoms with Gasteiger partial charge in [0.1, 0.15) is 17.2 Å². The average Bonchev–Trinajstić information content (AvgIpc) is 3.08. The molecule has 0 radical (unpaired) electrons. The fraction of sp³-hybridized carbons (Fsp3) is 0.312. The molecular weight excluding hydrogens is 278 g/mol. The lowest BCUT2D eigenvalue weighted by Crippen LogP contribution is -2.41. The van der Waals surface area contributed by atoms with Crippen LogP contribution in [0.2, 0.25) is 0 Å². The molecule has 1 aliphatic heterocycles. The third-order valence-electron chi connectivity index (χ3n) is 4.04. The SMILES string of the molecule is Cc1cn2c(n1)CC[C@H](NC(=O)c1cn3ccccc3n1)C2. The summed E-state index contributed by atoms with van der Waals surface area (Å²) >= 11 is 0. The zero-order valence-electron chi connectivity index (χ0n) is 12.4. The summed E-state index contributed by atoms with van der Waals surface area (Å²) in [5.41, 5.74) is 2.27. The van der Waals surface area contributed by atoms with Crippen molar-refractivity contribution in [1.29, 1.82) is 0 Å². The highest BCUT2D eigenvalue weighted by atomic mass is 16.2. The molecule has 1 aliphatic rings. The molecule has 0 saturated heterocycles. The molecule has 4 heterocycles. The van der Waals surface area contributed by atoms with Crippen LogP contribution >= 0.6 is 0 Å². The number of hydrogen-bond donors (Lipinski definition) is 1. The van der Waals surface area contributed by atoms with Crippen LogP contribution in [0, 0.1) is 6.92 Å². The fourth-order valence-electron chi connectivity index (χ4n) is 3.01. The topological polar surface area (TPSA) is 64.2 Å². The van der Waals surface area contributed by atoms with Crippen LogP contribution in [0.1, 0.15) is 28.4 Å². The summed E-state index contributed by atoms with van der Waals surface area (Å²) in [6, 6.07) is 5.84. The Hall–Kier alpha value is -2.63. The molecule has 0 fully saturated rings. The molecule has 1 amide bonds. The van der Waals surface area contributed by atoms with E-state index in [0.29, 0.717) is 5.69 Å². The van der Waals surface area contributed by atoms with E-state index >= 15 is 0 Å². The molecule has 3 aromatic rings. The number of amides is 1. The molecule has 4 rings (SSSR count). The van der Waals surface area contributed by atoms with Gasteiger partial charge in [-0.3, -0.25) is 4.79 Å². The smallest absolute Gasteiger partial charge is 0.271 e. The van der Waals surface area contributed by atoms with E-state index in [2.05, 4.69) is 19.9 Å². The van der Waals surface area contributed by atoms with Crippen molar-refractivity contribution in [2.24, 2.45) is 0 Å². The largest absolute Gasteiger partial charge is 0.346 e. The quantitative estimate of drug-likeness (QED) is 0.781. The zero-order chi connectivity index (χ0) is 15.1. The van der Waals surface area contributed by atoms with Gasteiger partial charge in [0.15, 0.2) is 0 Å². The molecule has 0 spiro atoms. The first-order valence-corrected chi connectivity index (χ1v) is 7.46. The van der Waals surface area contributed by atoms with E-state index < -0.39 is 0 Å². The van der Waals surface area contributed by atoms with Crippen LogP contribution in [0.15, 0.2) is 36.8 Å². The number of imidazole rings is 2. The van der Waals surface area contributed by atoms with Gasteiger partial charge in [-0.15, -0.1) is 0 Å². The van der Waals surface area contributed by atoms with Crippen LogP contribution in [-0.2, 0) is 13.0 Å². The Morgan fingerprint density at radius 2 is 2.23 bits per heavy atom. The van der Waals surface area contributed by atoms with Crippen molar-refractivity contribution in [2.45, 2.75) is 32.4 Å². The zero-order valence-corrected chi connectivity index (χ0v) is 12.4. The Balaban J connectivity index is 1.50. The van der Waals surface area contributed by atoms with Gasteiger partial charge < -0.3 is 14.3 Å². The van der Waals surface area contributed by atoms with Gasteiger partial charge in [0.25, 0.3) is 5.91 Å². The number of carbonyl (C=O) groups is 1. The maximum atomic E-state index is 12.4. The average molecular weight is 295 g/mol. The molecule has 1 atom stereocenters. The summed E-state index contributed by atoms with van der Waals surface area (Å²) in [6.07, 6.45) is 7.50. The third-order valence-corrected chi connectivity index (χ3v) is 4.04. The molecule has 0 saturated carbocycles. The van der Waals surface area contributed by atoms with Crippen molar-refractivity contribution in [3.8, 4) is 0 Å². The molecule has 3 aromatic heterocycles. The van der Waals surface area contributed by atoms with Crippen molar-refractivity contribution >= 4 is 11.6 Å². The molecule has 6 heteroatoms. The Bertz CT molecular complexity index is 814. The van der Waals surface area contributed by atoms with Crippen molar-refractivity contribution in [3.63, 3.8) is 0 Å². The van der Waals surface area contributed by atoms with Crippen molar-refractivity contribution in [2.75, 3.05) is 0 Å². The first-order chi connectivity index (χ1) is 10.7. The van der Waals surface area contributed by atoms with Gasteiger partial charge in [0.05, 0.1) is 5.69 Å². The van der Waals surface area contributed by atoms with Gasteiger partial charge >= 0.3 is 0 Å². The maximum absolute atomic E-state index is 12.4. The molecule has 0 aliphatic carbocycles. The molecule has 0 bridgehead atoms. The minimum Gasteiger partial charge on any atom is -0.346 e. The van der Waals surface area contributed by atoms with E-state index in [-0.39, 0.29) is 11.9 Å². The second-order valence-electron chi connectivity index (χ2n) is 5.75. The number of aryl methyl sites for hydroxylation is 2. The molecule has 0 unspecified atom stereocenters. The lowest BCUT2D eigenvalue weighted by atomic mass is 10.1. The number of fused-ring (bicyclic) bond motifs is 2. The highest BCUT2D eigenvalue weighted by Crippen LogP contribution is 2.15. The molecule has 112 valence electrons. The second-order valence-corrected chi connectivity index (χ2v) is 5.75. The van der Waals surface area contributed by atoms with Crippen molar-refractivity contribution in [3.05, 3.63) is 54.0 Å². The first-order valence-electron chi connectivity index (χ1n) is 7.46. The molecule has 22 heavy (non-hydrogen) atoms. The number of pyridine rings is 1. The Kier molecular flexibility index (Phi) is 2.96. The monoisotopic (exact) mass is 295 g/mol. The van der Waals surface area contributed by atoms with Crippen LogP contribution in [-0.4, -0.2) is 30.9 Å². The van der Waals surface area contributed by atoms with Crippen LogP contribution < -0.4 is 5.32 Å². The number of carbonyl (C=O) groups excluding carboxylic acids is 1. The number of rotatable bonds is 2. The molecular formula is C16H17N5O. The predicted molar refractivity (Wildman–Crippen MR) is 81.7 cm³/mol. The van der Waals surface area contributed by atoms with Gasteiger partial charge in [-0.2, -0.15) is 0 Å². The van der Waals surface area contributed by atoms with Crippen LogP contribution in [0.5, 0.6) is 0 Å². The van der Waals surface area contributed by atoms with Crippen molar-refractivity contribution in [1.82, 2.24) is 24.3 Å². The van der Waals surface area contributed by atoms with Gasteiger partial charge in [0.2, 0.25) is 0 Å². The lowest BCUT2D eigenvalue weighted by molar-refractivity contribution is 0.0923. The third kappa shape index (κ3) is 2.26. The molecule has 1 N–H and O–H groups in total. The van der Waals surface area contributed by atoms with E-state index in [1.54, 1.807) is 6.20 Å². The highest BCUT2D eigenvalue weighted by molar-refractivity contribution is 5.93. The van der Waals surface area contributed by atoms with Crippen LogP contribution in [0.25, 0.3) is 5.65 Å². The van der Waals surface area contributed by atoms with E-state index in [1.807, 2.05) is 41.9 Å².